The normalized spacial score (nSPS) is 21.1. The lowest BCUT2D eigenvalue weighted by molar-refractivity contribution is 0.0620. The molecule has 1 aliphatic rings. The van der Waals surface area contributed by atoms with Crippen molar-refractivity contribution in [2.45, 2.75) is 31.5 Å². The number of aliphatic hydroxyl groups excluding tert-OH is 1. The summed E-state index contributed by atoms with van der Waals surface area (Å²) in [5.41, 5.74) is 2.10. The van der Waals surface area contributed by atoms with Crippen LogP contribution >= 0.6 is 11.6 Å². The maximum atomic E-state index is 10.2. The molecule has 3 heteroatoms. The van der Waals surface area contributed by atoms with Crippen molar-refractivity contribution >= 4 is 11.6 Å². The highest BCUT2D eigenvalue weighted by Crippen LogP contribution is 2.37. The summed E-state index contributed by atoms with van der Waals surface area (Å²) in [6.07, 6.45) is 2.06. The summed E-state index contributed by atoms with van der Waals surface area (Å²) in [6.45, 7) is 0. The second kappa shape index (κ2) is 5.86. The van der Waals surface area contributed by atoms with E-state index in [2.05, 4.69) is 12.1 Å². The number of aryl methyl sites for hydroxylation is 1. The SMILES string of the molecule is O[C@@H]1CC(CCc2ccccc2)Oc2ccc(Cl)cc21. The Morgan fingerprint density at radius 3 is 2.75 bits per heavy atom. The molecule has 0 aliphatic carbocycles. The second-order valence-corrected chi connectivity index (χ2v) is 5.63. The minimum absolute atomic E-state index is 0.0545. The van der Waals surface area contributed by atoms with Gasteiger partial charge in [-0.2, -0.15) is 0 Å². The number of hydrogen-bond donors (Lipinski definition) is 1. The Morgan fingerprint density at radius 1 is 1.15 bits per heavy atom. The maximum Gasteiger partial charge on any atom is 0.125 e. The minimum atomic E-state index is -0.488. The van der Waals surface area contributed by atoms with Gasteiger partial charge in [0.1, 0.15) is 11.9 Å². The third-order valence-corrected chi connectivity index (χ3v) is 3.94. The molecular weight excluding hydrogens is 272 g/mol. The van der Waals surface area contributed by atoms with Crippen LogP contribution in [0, 0.1) is 0 Å². The summed E-state index contributed by atoms with van der Waals surface area (Å²) >= 11 is 5.95. The molecular formula is C17H17ClO2. The summed E-state index contributed by atoms with van der Waals surface area (Å²) in [7, 11) is 0. The molecule has 2 nitrogen and oxygen atoms in total. The molecule has 0 amide bonds. The summed E-state index contributed by atoms with van der Waals surface area (Å²) in [4.78, 5) is 0. The molecule has 0 bridgehead atoms. The van der Waals surface area contributed by atoms with Crippen LogP contribution in [-0.4, -0.2) is 11.2 Å². The van der Waals surface area contributed by atoms with E-state index in [1.54, 1.807) is 12.1 Å². The van der Waals surface area contributed by atoms with Crippen molar-refractivity contribution in [2.75, 3.05) is 0 Å². The van der Waals surface area contributed by atoms with Gasteiger partial charge < -0.3 is 9.84 Å². The van der Waals surface area contributed by atoms with Crippen molar-refractivity contribution in [1.29, 1.82) is 0 Å². The average Bonchev–Trinajstić information content (AvgIpc) is 2.47. The molecule has 104 valence electrons. The molecule has 20 heavy (non-hydrogen) atoms. The van der Waals surface area contributed by atoms with Crippen LogP contribution < -0.4 is 4.74 Å². The first-order valence-electron chi connectivity index (χ1n) is 6.90. The van der Waals surface area contributed by atoms with Crippen LogP contribution in [-0.2, 0) is 6.42 Å². The Bertz CT molecular complexity index is 583. The lowest BCUT2D eigenvalue weighted by atomic mass is 9.95. The van der Waals surface area contributed by atoms with Crippen LogP contribution in [0.4, 0.5) is 0 Å². The lowest BCUT2D eigenvalue weighted by Crippen LogP contribution is -2.26. The molecule has 1 heterocycles. The number of aliphatic hydroxyl groups is 1. The molecule has 1 N–H and O–H groups in total. The lowest BCUT2D eigenvalue weighted by Gasteiger charge is -2.29. The van der Waals surface area contributed by atoms with Crippen molar-refractivity contribution in [1.82, 2.24) is 0 Å². The number of benzene rings is 2. The third-order valence-electron chi connectivity index (χ3n) is 3.71. The fourth-order valence-corrected chi connectivity index (χ4v) is 2.82. The van der Waals surface area contributed by atoms with E-state index in [0.29, 0.717) is 11.4 Å². The van der Waals surface area contributed by atoms with E-state index in [1.807, 2.05) is 24.3 Å². The predicted octanol–water partition coefficient (Wildman–Crippen LogP) is 4.16. The maximum absolute atomic E-state index is 10.2. The predicted molar refractivity (Wildman–Crippen MR) is 80.2 cm³/mol. The van der Waals surface area contributed by atoms with Gasteiger partial charge in [0.05, 0.1) is 6.10 Å². The summed E-state index contributed by atoms with van der Waals surface area (Å²) < 4.78 is 5.96. The second-order valence-electron chi connectivity index (χ2n) is 5.20. The van der Waals surface area contributed by atoms with E-state index in [9.17, 15) is 5.11 Å². The van der Waals surface area contributed by atoms with Gasteiger partial charge >= 0.3 is 0 Å². The first-order chi connectivity index (χ1) is 9.72. The van der Waals surface area contributed by atoms with Crippen molar-refractivity contribution in [2.24, 2.45) is 0 Å². The topological polar surface area (TPSA) is 29.5 Å². The minimum Gasteiger partial charge on any atom is -0.490 e. The molecule has 0 aromatic heterocycles. The van der Waals surface area contributed by atoms with Crippen molar-refractivity contribution in [3.63, 3.8) is 0 Å². The number of ether oxygens (including phenoxy) is 1. The Balaban J connectivity index is 1.67. The Hall–Kier alpha value is -1.51. The zero-order valence-corrected chi connectivity index (χ0v) is 11.9. The fourth-order valence-electron chi connectivity index (χ4n) is 2.64. The Morgan fingerprint density at radius 2 is 1.95 bits per heavy atom. The molecule has 0 saturated heterocycles. The fraction of sp³-hybridized carbons (Fsp3) is 0.294. The molecule has 0 fully saturated rings. The highest BCUT2D eigenvalue weighted by atomic mass is 35.5. The molecule has 1 aliphatic heterocycles. The van der Waals surface area contributed by atoms with Gasteiger partial charge in [0.2, 0.25) is 0 Å². The smallest absolute Gasteiger partial charge is 0.125 e. The first-order valence-corrected chi connectivity index (χ1v) is 7.28. The van der Waals surface area contributed by atoms with Crippen LogP contribution in [0.3, 0.4) is 0 Å². The van der Waals surface area contributed by atoms with Gasteiger partial charge in [0.25, 0.3) is 0 Å². The van der Waals surface area contributed by atoms with Gasteiger partial charge in [0.15, 0.2) is 0 Å². The van der Waals surface area contributed by atoms with Gasteiger partial charge in [0, 0.05) is 17.0 Å². The molecule has 0 saturated carbocycles. The number of hydrogen-bond acceptors (Lipinski definition) is 2. The molecule has 1 unspecified atom stereocenters. The Kier molecular flexibility index (Phi) is 3.95. The van der Waals surface area contributed by atoms with Gasteiger partial charge in [-0.3, -0.25) is 0 Å². The van der Waals surface area contributed by atoms with E-state index in [0.717, 1.165) is 24.2 Å². The molecule has 0 radical (unpaired) electrons. The number of rotatable bonds is 3. The zero-order valence-electron chi connectivity index (χ0n) is 11.1. The van der Waals surface area contributed by atoms with Crippen LogP contribution in [0.15, 0.2) is 48.5 Å². The number of halogens is 1. The van der Waals surface area contributed by atoms with Gasteiger partial charge in [-0.25, -0.2) is 0 Å². The van der Waals surface area contributed by atoms with E-state index in [-0.39, 0.29) is 6.10 Å². The van der Waals surface area contributed by atoms with Crippen molar-refractivity contribution < 1.29 is 9.84 Å². The highest BCUT2D eigenvalue weighted by molar-refractivity contribution is 6.30. The van der Waals surface area contributed by atoms with E-state index >= 15 is 0 Å². The summed E-state index contributed by atoms with van der Waals surface area (Å²) in [5.74, 6) is 0.756. The van der Waals surface area contributed by atoms with Crippen molar-refractivity contribution in [3.8, 4) is 5.75 Å². The van der Waals surface area contributed by atoms with Crippen LogP contribution in [0.1, 0.15) is 30.1 Å². The van der Waals surface area contributed by atoms with E-state index < -0.39 is 6.10 Å². The van der Waals surface area contributed by atoms with Crippen LogP contribution in [0.25, 0.3) is 0 Å². The summed E-state index contributed by atoms with van der Waals surface area (Å²) in [5, 5.41) is 10.8. The summed E-state index contributed by atoms with van der Waals surface area (Å²) in [6, 6.07) is 15.8. The molecule has 2 aromatic carbocycles. The van der Waals surface area contributed by atoms with Crippen LogP contribution in [0.5, 0.6) is 5.75 Å². The first kappa shape index (κ1) is 13.5. The Labute approximate surface area is 124 Å². The van der Waals surface area contributed by atoms with E-state index in [1.165, 1.54) is 5.56 Å². The standard InChI is InChI=1S/C17H17ClO2/c18-13-7-9-17-15(10-13)16(19)11-14(20-17)8-6-12-4-2-1-3-5-12/h1-5,7,9-10,14,16,19H,6,8,11H2/t14?,16-/m1/s1. The molecule has 3 rings (SSSR count). The molecule has 2 atom stereocenters. The third kappa shape index (κ3) is 2.97. The average molecular weight is 289 g/mol. The number of fused-ring (bicyclic) bond motifs is 1. The largest absolute Gasteiger partial charge is 0.490 e. The van der Waals surface area contributed by atoms with E-state index in [4.69, 9.17) is 16.3 Å². The zero-order chi connectivity index (χ0) is 13.9. The van der Waals surface area contributed by atoms with Gasteiger partial charge in [-0.1, -0.05) is 41.9 Å². The highest BCUT2D eigenvalue weighted by Gasteiger charge is 2.26. The van der Waals surface area contributed by atoms with Crippen molar-refractivity contribution in [3.05, 3.63) is 64.7 Å². The monoisotopic (exact) mass is 288 g/mol. The molecule has 2 aromatic rings. The van der Waals surface area contributed by atoms with Crippen LogP contribution in [0.2, 0.25) is 5.02 Å². The van der Waals surface area contributed by atoms with Gasteiger partial charge in [-0.15, -0.1) is 0 Å². The quantitative estimate of drug-likeness (QED) is 0.919. The van der Waals surface area contributed by atoms with Gasteiger partial charge in [-0.05, 0) is 36.6 Å². The molecule has 0 spiro atoms.